The van der Waals surface area contributed by atoms with Crippen LogP contribution >= 0.6 is 16.1 Å². The summed E-state index contributed by atoms with van der Waals surface area (Å²) < 4.78 is 9.18. The zero-order valence-electron chi connectivity index (χ0n) is 24.4. The molecule has 212 valence electrons. The lowest BCUT2D eigenvalue weighted by Gasteiger charge is -2.28. The Balaban J connectivity index is 1.94. The monoisotopic (exact) mass is 599 g/mol. The maximum atomic E-state index is 13.8. The van der Waals surface area contributed by atoms with Gasteiger partial charge in [-0.1, -0.05) is 67.0 Å². The van der Waals surface area contributed by atoms with Crippen molar-refractivity contribution >= 4 is 39.5 Å². The van der Waals surface area contributed by atoms with Crippen molar-refractivity contribution in [3.63, 3.8) is 0 Å². The van der Waals surface area contributed by atoms with Gasteiger partial charge in [-0.3, -0.25) is 10.1 Å². The molecule has 39 heavy (non-hydrogen) atoms. The van der Waals surface area contributed by atoms with E-state index in [0.29, 0.717) is 17.8 Å². The number of rotatable bonds is 7. The first-order valence-electron chi connectivity index (χ1n) is 13.5. The maximum Gasteiger partial charge on any atom is 0.411 e. The zero-order chi connectivity index (χ0) is 29.1. The Labute approximate surface area is 241 Å². The molecular formula is C31H42BrN3O4. The Bertz CT molecular complexity index is 1190. The van der Waals surface area contributed by atoms with Crippen molar-refractivity contribution in [2.24, 2.45) is 9.94 Å². The molecule has 0 spiro atoms. The van der Waals surface area contributed by atoms with Crippen LogP contribution < -0.4 is 5.32 Å². The van der Waals surface area contributed by atoms with E-state index in [2.05, 4.69) is 42.0 Å². The SMILES string of the molecule is CCC[C@H]1CN(CC(=O)c2cc(C(C)(C)C)c(O)c(C(C)(C)C)c2)C(=NBr)[C@@H]1c1ccc(NC(=O)OC)cc1. The van der Waals surface area contributed by atoms with Gasteiger partial charge < -0.3 is 14.7 Å². The van der Waals surface area contributed by atoms with E-state index < -0.39 is 6.09 Å². The van der Waals surface area contributed by atoms with Crippen LogP contribution in [0.5, 0.6) is 5.75 Å². The predicted octanol–water partition coefficient (Wildman–Crippen LogP) is 7.57. The van der Waals surface area contributed by atoms with Crippen molar-refractivity contribution in [2.45, 2.75) is 78.1 Å². The number of aromatic hydroxyl groups is 1. The minimum absolute atomic E-state index is 0.00632. The van der Waals surface area contributed by atoms with Gasteiger partial charge in [-0.05, 0) is 53.0 Å². The minimum atomic E-state index is -0.515. The highest BCUT2D eigenvalue weighted by Gasteiger charge is 2.40. The molecule has 1 amide bonds. The number of ether oxygens (including phenoxy) is 1. The van der Waals surface area contributed by atoms with E-state index in [1.165, 1.54) is 7.11 Å². The van der Waals surface area contributed by atoms with Crippen molar-refractivity contribution in [3.05, 3.63) is 58.7 Å². The molecule has 1 heterocycles. The van der Waals surface area contributed by atoms with E-state index >= 15 is 0 Å². The molecule has 8 heteroatoms. The van der Waals surface area contributed by atoms with Gasteiger partial charge in [-0.2, -0.15) is 4.02 Å². The fourth-order valence-corrected chi connectivity index (χ4v) is 5.78. The van der Waals surface area contributed by atoms with Crippen molar-refractivity contribution in [1.29, 1.82) is 0 Å². The largest absolute Gasteiger partial charge is 0.507 e. The number of phenolic OH excluding ortho intramolecular Hbond substituents is 1. The number of hydrogen-bond acceptors (Lipinski definition) is 5. The summed E-state index contributed by atoms with van der Waals surface area (Å²) in [5.74, 6) is 1.38. The van der Waals surface area contributed by atoms with Crippen LogP contribution in [0.2, 0.25) is 0 Å². The van der Waals surface area contributed by atoms with Crippen molar-refractivity contribution in [3.8, 4) is 5.75 Å². The molecule has 2 aromatic carbocycles. The van der Waals surface area contributed by atoms with Crippen LogP contribution in [0.25, 0.3) is 0 Å². The molecule has 0 bridgehead atoms. The highest BCUT2D eigenvalue weighted by molar-refractivity contribution is 9.08. The quantitative estimate of drug-likeness (QED) is 0.320. The number of carbonyl (C=O) groups excluding carboxylic acids is 2. The van der Waals surface area contributed by atoms with Gasteiger partial charge in [0.15, 0.2) is 5.78 Å². The van der Waals surface area contributed by atoms with E-state index in [0.717, 1.165) is 35.4 Å². The zero-order valence-corrected chi connectivity index (χ0v) is 26.0. The molecule has 0 aliphatic carbocycles. The second-order valence-corrected chi connectivity index (χ2v) is 12.8. The van der Waals surface area contributed by atoms with E-state index in [9.17, 15) is 14.7 Å². The van der Waals surface area contributed by atoms with Crippen molar-refractivity contribution in [2.75, 3.05) is 25.5 Å². The van der Waals surface area contributed by atoms with Gasteiger partial charge in [0.05, 0.1) is 29.8 Å². The highest BCUT2D eigenvalue weighted by atomic mass is 79.9. The molecule has 2 aromatic rings. The Morgan fingerprint density at radius 1 is 1.08 bits per heavy atom. The third kappa shape index (κ3) is 7.02. The van der Waals surface area contributed by atoms with E-state index in [1.54, 1.807) is 0 Å². The normalized spacial score (nSPS) is 18.9. The molecule has 3 rings (SSSR count). The lowest BCUT2D eigenvalue weighted by molar-refractivity contribution is 0.0963. The fourth-order valence-electron chi connectivity index (χ4n) is 5.34. The maximum absolute atomic E-state index is 13.8. The average molecular weight is 601 g/mol. The number of benzene rings is 2. The van der Waals surface area contributed by atoms with Gasteiger partial charge in [0.25, 0.3) is 0 Å². The summed E-state index contributed by atoms with van der Waals surface area (Å²) in [5, 5.41) is 13.8. The second-order valence-electron chi connectivity index (χ2n) is 12.4. The summed E-state index contributed by atoms with van der Waals surface area (Å²) >= 11 is 3.35. The Kier molecular flexibility index (Phi) is 9.52. The number of amides is 1. The van der Waals surface area contributed by atoms with Crippen molar-refractivity contribution in [1.82, 2.24) is 4.90 Å². The number of halogens is 1. The molecule has 0 unspecified atom stereocenters. The van der Waals surface area contributed by atoms with Gasteiger partial charge in [-0.15, -0.1) is 0 Å². The third-order valence-corrected chi connectivity index (χ3v) is 7.72. The number of ketones is 1. The first-order chi connectivity index (χ1) is 18.2. The topological polar surface area (TPSA) is 91.2 Å². The average Bonchev–Trinajstić information content (AvgIpc) is 3.19. The molecule has 1 aliphatic heterocycles. The summed E-state index contributed by atoms with van der Waals surface area (Å²) in [6, 6.07) is 11.4. The summed E-state index contributed by atoms with van der Waals surface area (Å²) in [5.41, 5.74) is 3.24. The Morgan fingerprint density at radius 2 is 1.64 bits per heavy atom. The van der Waals surface area contributed by atoms with Gasteiger partial charge >= 0.3 is 6.09 Å². The molecule has 0 radical (unpaired) electrons. The molecule has 0 saturated carbocycles. The summed E-state index contributed by atoms with van der Waals surface area (Å²) in [4.78, 5) is 27.4. The molecule has 2 N–H and O–H groups in total. The van der Waals surface area contributed by atoms with E-state index in [-0.39, 0.29) is 40.7 Å². The molecule has 1 aliphatic rings. The molecule has 7 nitrogen and oxygen atoms in total. The van der Waals surface area contributed by atoms with E-state index in [4.69, 9.17) is 0 Å². The number of Topliss-reactive ketones (excluding diaryl/α,β-unsaturated/α-hetero) is 1. The standard InChI is InChI=1S/C31H42BrN3O4/c1-9-10-20-17-35(28(34-32)26(20)19-11-13-22(14-12-19)33-29(38)39-8)18-25(36)21-15-23(30(2,3)4)27(37)24(16-21)31(5,6)7/h11-16,20,26,37H,9-10,17-18H2,1-8H3,(H,33,38)/t20-,26+/m0/s1. The van der Waals surface area contributed by atoms with Crippen LogP contribution in [0.1, 0.15) is 94.3 Å². The first kappa shape index (κ1) is 30.7. The van der Waals surface area contributed by atoms with Crippen molar-refractivity contribution < 1.29 is 19.4 Å². The first-order valence-corrected chi connectivity index (χ1v) is 14.2. The number of nitrogens with one attached hydrogen (secondary N) is 1. The van der Waals surface area contributed by atoms with Crippen LogP contribution in [0.4, 0.5) is 10.5 Å². The summed E-state index contributed by atoms with van der Waals surface area (Å²) in [6.45, 7) is 15.4. The number of anilines is 1. The van der Waals surface area contributed by atoms with E-state index in [1.807, 2.05) is 77.9 Å². The van der Waals surface area contributed by atoms with Gasteiger partial charge in [0.1, 0.15) is 11.6 Å². The van der Waals surface area contributed by atoms with Gasteiger partial charge in [-0.25, -0.2) is 4.79 Å². The number of hydrogen-bond donors (Lipinski definition) is 2. The molecule has 2 atom stereocenters. The molecule has 1 fully saturated rings. The lowest BCUT2D eigenvalue weighted by Crippen LogP contribution is -2.32. The van der Waals surface area contributed by atoms with Crippen LogP contribution in [0.3, 0.4) is 0 Å². The third-order valence-electron chi connectivity index (χ3n) is 7.36. The minimum Gasteiger partial charge on any atom is -0.507 e. The number of nitrogens with zero attached hydrogens (tertiary/aromatic N) is 2. The van der Waals surface area contributed by atoms with Gasteiger partial charge in [0.2, 0.25) is 0 Å². The fraction of sp³-hybridized carbons (Fsp3) is 0.516. The number of phenols is 1. The lowest BCUT2D eigenvalue weighted by atomic mass is 9.78. The Morgan fingerprint density at radius 3 is 2.10 bits per heavy atom. The smallest absolute Gasteiger partial charge is 0.411 e. The Hall–Kier alpha value is -2.87. The van der Waals surface area contributed by atoms with Crippen LogP contribution in [0.15, 0.2) is 40.4 Å². The second kappa shape index (κ2) is 12.1. The summed E-state index contributed by atoms with van der Waals surface area (Å²) in [7, 11) is 1.33. The van der Waals surface area contributed by atoms with Gasteiger partial charge in [0, 0.05) is 34.8 Å². The molecule has 1 saturated heterocycles. The van der Waals surface area contributed by atoms with Crippen LogP contribution in [0, 0.1) is 5.92 Å². The number of amidine groups is 1. The highest BCUT2D eigenvalue weighted by Crippen LogP contribution is 2.41. The summed E-state index contributed by atoms with van der Waals surface area (Å²) in [6.07, 6.45) is 1.49. The molecule has 0 aromatic heterocycles. The number of likely N-dealkylation sites (tertiary alicyclic amines) is 1. The number of methoxy groups -OCH3 is 1. The molecular weight excluding hydrogens is 558 g/mol. The van der Waals surface area contributed by atoms with Crippen LogP contribution in [-0.2, 0) is 15.6 Å². The predicted molar refractivity (Wildman–Crippen MR) is 161 cm³/mol. The number of carbonyl (C=O) groups is 2. The van der Waals surface area contributed by atoms with Crippen LogP contribution in [-0.4, -0.2) is 47.9 Å².